The standard InChI is InChI=1S/C18H23NO2/c1-3-12-19-13-15-4-6-16(7-5-15)14-21-18-10-8-17(20-2)9-11-18/h4-11,19H,3,12-14H2,1-2H3. The van der Waals surface area contributed by atoms with E-state index in [0.29, 0.717) is 6.61 Å². The Hall–Kier alpha value is -2.00. The molecule has 0 saturated carbocycles. The van der Waals surface area contributed by atoms with Crippen LogP contribution in [0.4, 0.5) is 0 Å². The minimum absolute atomic E-state index is 0.578. The van der Waals surface area contributed by atoms with E-state index < -0.39 is 0 Å². The van der Waals surface area contributed by atoms with Crippen LogP contribution in [0.5, 0.6) is 11.5 Å². The summed E-state index contributed by atoms with van der Waals surface area (Å²) in [5, 5.41) is 3.40. The van der Waals surface area contributed by atoms with Crippen LogP contribution in [-0.2, 0) is 13.2 Å². The first-order valence-corrected chi connectivity index (χ1v) is 7.37. The molecule has 0 heterocycles. The van der Waals surface area contributed by atoms with Gasteiger partial charge >= 0.3 is 0 Å². The van der Waals surface area contributed by atoms with Crippen LogP contribution >= 0.6 is 0 Å². The second-order valence-electron chi connectivity index (χ2n) is 4.96. The molecule has 0 aliphatic carbocycles. The summed E-state index contributed by atoms with van der Waals surface area (Å²) in [6.45, 7) is 4.73. The number of ether oxygens (including phenoxy) is 2. The highest BCUT2D eigenvalue weighted by Crippen LogP contribution is 2.18. The van der Waals surface area contributed by atoms with Gasteiger partial charge in [-0.1, -0.05) is 31.2 Å². The molecule has 1 N–H and O–H groups in total. The number of benzene rings is 2. The molecule has 0 amide bonds. The first kappa shape index (κ1) is 15.4. The summed E-state index contributed by atoms with van der Waals surface area (Å²) in [4.78, 5) is 0. The van der Waals surface area contributed by atoms with Crippen LogP contribution in [-0.4, -0.2) is 13.7 Å². The second kappa shape index (κ2) is 8.32. The van der Waals surface area contributed by atoms with Gasteiger partial charge in [0, 0.05) is 6.54 Å². The van der Waals surface area contributed by atoms with Gasteiger partial charge in [0.05, 0.1) is 7.11 Å². The molecule has 3 nitrogen and oxygen atoms in total. The van der Waals surface area contributed by atoms with Gasteiger partial charge < -0.3 is 14.8 Å². The Morgan fingerprint density at radius 2 is 1.48 bits per heavy atom. The number of hydrogen-bond acceptors (Lipinski definition) is 3. The lowest BCUT2D eigenvalue weighted by atomic mass is 10.1. The third kappa shape index (κ3) is 5.12. The fourth-order valence-electron chi connectivity index (χ4n) is 2.00. The molecule has 0 atom stereocenters. The minimum Gasteiger partial charge on any atom is -0.497 e. The Labute approximate surface area is 126 Å². The number of hydrogen-bond donors (Lipinski definition) is 1. The maximum absolute atomic E-state index is 5.76. The molecule has 112 valence electrons. The van der Waals surface area contributed by atoms with Gasteiger partial charge in [-0.25, -0.2) is 0 Å². The van der Waals surface area contributed by atoms with E-state index in [-0.39, 0.29) is 0 Å². The molecule has 0 saturated heterocycles. The minimum atomic E-state index is 0.578. The van der Waals surface area contributed by atoms with E-state index in [1.54, 1.807) is 7.11 Å². The smallest absolute Gasteiger partial charge is 0.120 e. The van der Waals surface area contributed by atoms with Crippen LogP contribution in [0.3, 0.4) is 0 Å². The Bertz CT molecular complexity index is 520. The van der Waals surface area contributed by atoms with Crippen molar-refractivity contribution >= 4 is 0 Å². The van der Waals surface area contributed by atoms with Crippen LogP contribution in [0.15, 0.2) is 48.5 Å². The highest BCUT2D eigenvalue weighted by Gasteiger charge is 1.98. The Balaban J connectivity index is 1.82. The normalized spacial score (nSPS) is 10.4. The lowest BCUT2D eigenvalue weighted by Gasteiger charge is -2.08. The fourth-order valence-corrected chi connectivity index (χ4v) is 2.00. The van der Waals surface area contributed by atoms with Gasteiger partial charge in [-0.15, -0.1) is 0 Å². The summed E-state index contributed by atoms with van der Waals surface area (Å²) >= 11 is 0. The van der Waals surface area contributed by atoms with E-state index in [1.807, 2.05) is 24.3 Å². The van der Waals surface area contributed by atoms with E-state index in [0.717, 1.165) is 31.0 Å². The molecular formula is C18H23NO2. The van der Waals surface area contributed by atoms with Gasteiger partial charge in [-0.05, 0) is 48.4 Å². The van der Waals surface area contributed by atoms with Crippen molar-refractivity contribution < 1.29 is 9.47 Å². The molecule has 3 heteroatoms. The Morgan fingerprint density at radius 1 is 0.857 bits per heavy atom. The molecule has 0 fully saturated rings. The molecule has 0 aliphatic rings. The maximum Gasteiger partial charge on any atom is 0.120 e. The molecule has 2 aromatic carbocycles. The average Bonchev–Trinajstić information content (AvgIpc) is 2.55. The molecule has 0 spiro atoms. The van der Waals surface area contributed by atoms with Gasteiger partial charge in [0.1, 0.15) is 18.1 Å². The van der Waals surface area contributed by atoms with Crippen LogP contribution < -0.4 is 14.8 Å². The zero-order valence-corrected chi connectivity index (χ0v) is 12.8. The molecule has 0 aromatic heterocycles. The summed E-state index contributed by atoms with van der Waals surface area (Å²) in [6, 6.07) is 16.2. The molecule has 2 aromatic rings. The van der Waals surface area contributed by atoms with E-state index in [9.17, 15) is 0 Å². The zero-order valence-electron chi connectivity index (χ0n) is 12.8. The number of methoxy groups -OCH3 is 1. The topological polar surface area (TPSA) is 30.5 Å². The largest absolute Gasteiger partial charge is 0.497 e. The Kier molecular flexibility index (Phi) is 6.10. The van der Waals surface area contributed by atoms with Crippen LogP contribution in [0.2, 0.25) is 0 Å². The zero-order chi connectivity index (χ0) is 14.9. The highest BCUT2D eigenvalue weighted by atomic mass is 16.5. The van der Waals surface area contributed by atoms with Crippen LogP contribution in [0, 0.1) is 0 Å². The first-order chi connectivity index (χ1) is 10.3. The molecular weight excluding hydrogens is 262 g/mol. The van der Waals surface area contributed by atoms with E-state index >= 15 is 0 Å². The molecule has 0 radical (unpaired) electrons. The molecule has 0 unspecified atom stereocenters. The second-order valence-corrected chi connectivity index (χ2v) is 4.96. The SMILES string of the molecule is CCCNCc1ccc(COc2ccc(OC)cc2)cc1. The fraction of sp³-hybridized carbons (Fsp3) is 0.333. The predicted molar refractivity (Wildman–Crippen MR) is 85.8 cm³/mol. The predicted octanol–water partition coefficient (Wildman–Crippen LogP) is 3.77. The van der Waals surface area contributed by atoms with Crippen molar-refractivity contribution in [3.05, 3.63) is 59.7 Å². The van der Waals surface area contributed by atoms with Gasteiger partial charge in [0.25, 0.3) is 0 Å². The summed E-state index contributed by atoms with van der Waals surface area (Å²) in [5.74, 6) is 1.69. The molecule has 21 heavy (non-hydrogen) atoms. The summed E-state index contributed by atoms with van der Waals surface area (Å²) in [6.07, 6.45) is 1.16. The number of rotatable bonds is 8. The van der Waals surface area contributed by atoms with Gasteiger partial charge in [0.2, 0.25) is 0 Å². The third-order valence-corrected chi connectivity index (χ3v) is 3.24. The van der Waals surface area contributed by atoms with Crippen molar-refractivity contribution in [2.75, 3.05) is 13.7 Å². The van der Waals surface area contributed by atoms with Crippen molar-refractivity contribution in [1.29, 1.82) is 0 Å². The Morgan fingerprint density at radius 3 is 2.10 bits per heavy atom. The molecule has 0 bridgehead atoms. The summed E-state index contributed by atoms with van der Waals surface area (Å²) in [5.41, 5.74) is 2.47. The highest BCUT2D eigenvalue weighted by molar-refractivity contribution is 5.31. The van der Waals surface area contributed by atoms with Crippen molar-refractivity contribution in [2.24, 2.45) is 0 Å². The number of nitrogens with one attached hydrogen (secondary N) is 1. The van der Waals surface area contributed by atoms with Crippen LogP contribution in [0.25, 0.3) is 0 Å². The van der Waals surface area contributed by atoms with Gasteiger partial charge in [-0.2, -0.15) is 0 Å². The molecule has 0 aliphatic heterocycles. The maximum atomic E-state index is 5.76. The summed E-state index contributed by atoms with van der Waals surface area (Å²) in [7, 11) is 1.66. The monoisotopic (exact) mass is 285 g/mol. The van der Waals surface area contributed by atoms with E-state index in [4.69, 9.17) is 9.47 Å². The van der Waals surface area contributed by atoms with E-state index in [2.05, 4.69) is 36.5 Å². The quantitative estimate of drug-likeness (QED) is 0.749. The van der Waals surface area contributed by atoms with Crippen molar-refractivity contribution in [3.8, 4) is 11.5 Å². The van der Waals surface area contributed by atoms with Crippen molar-refractivity contribution in [2.45, 2.75) is 26.5 Å². The van der Waals surface area contributed by atoms with Gasteiger partial charge in [0.15, 0.2) is 0 Å². The van der Waals surface area contributed by atoms with Crippen LogP contribution in [0.1, 0.15) is 24.5 Å². The summed E-state index contributed by atoms with van der Waals surface area (Å²) < 4.78 is 10.9. The lowest BCUT2D eigenvalue weighted by molar-refractivity contribution is 0.305. The van der Waals surface area contributed by atoms with Crippen molar-refractivity contribution in [3.63, 3.8) is 0 Å². The van der Waals surface area contributed by atoms with Crippen molar-refractivity contribution in [1.82, 2.24) is 5.32 Å². The van der Waals surface area contributed by atoms with Gasteiger partial charge in [-0.3, -0.25) is 0 Å². The molecule has 2 rings (SSSR count). The first-order valence-electron chi connectivity index (χ1n) is 7.37. The lowest BCUT2D eigenvalue weighted by Crippen LogP contribution is -2.13. The third-order valence-electron chi connectivity index (χ3n) is 3.24. The average molecular weight is 285 g/mol. The van der Waals surface area contributed by atoms with E-state index in [1.165, 1.54) is 11.1 Å².